The molecule has 0 radical (unpaired) electrons. The fourth-order valence-electron chi connectivity index (χ4n) is 3.87. The number of rotatable bonds is 5. The third-order valence-corrected chi connectivity index (χ3v) is 5.68. The first-order chi connectivity index (χ1) is 17.1. The van der Waals surface area contributed by atoms with Crippen LogP contribution in [-0.2, 0) is 7.05 Å². The number of aryl methyl sites for hydroxylation is 2. The summed E-state index contributed by atoms with van der Waals surface area (Å²) in [6.45, 7) is 2.00. The van der Waals surface area contributed by atoms with Crippen molar-refractivity contribution in [2.45, 2.75) is 6.92 Å². The van der Waals surface area contributed by atoms with Crippen molar-refractivity contribution >= 4 is 33.6 Å². The lowest BCUT2D eigenvalue weighted by molar-refractivity contribution is 0.479. The van der Waals surface area contributed by atoms with Crippen molar-refractivity contribution in [2.75, 3.05) is 5.32 Å². The number of ether oxygens (including phenoxy) is 1. The number of fused-ring (bicyclic) bond motifs is 2. The fraction of sp³-hybridized carbons (Fsp3) is 0.0769. The largest absolute Gasteiger partial charge is 0.457 e. The van der Waals surface area contributed by atoms with Gasteiger partial charge in [-0.3, -0.25) is 4.98 Å². The van der Waals surface area contributed by atoms with E-state index in [1.807, 2.05) is 67.1 Å². The van der Waals surface area contributed by atoms with Gasteiger partial charge < -0.3 is 14.6 Å². The SMILES string of the molecule is Cc1cc(Nc2ncnc3cnc(-c4ccncc4)nc23)ccc1Oc1ccc2c(c1)ncn2C. The van der Waals surface area contributed by atoms with Crippen LogP contribution in [0.1, 0.15) is 5.56 Å². The Kier molecular flexibility index (Phi) is 4.99. The molecule has 4 aromatic heterocycles. The van der Waals surface area contributed by atoms with E-state index in [-0.39, 0.29) is 0 Å². The molecule has 0 saturated heterocycles. The van der Waals surface area contributed by atoms with Crippen LogP contribution in [-0.4, -0.2) is 34.5 Å². The normalized spacial score (nSPS) is 11.1. The topological polar surface area (TPSA) is 104 Å². The first kappa shape index (κ1) is 20.7. The first-order valence-electron chi connectivity index (χ1n) is 11.0. The van der Waals surface area contributed by atoms with Crippen LogP contribution in [0, 0.1) is 6.92 Å². The molecule has 0 aliphatic carbocycles. The van der Waals surface area contributed by atoms with Gasteiger partial charge in [-0.2, -0.15) is 0 Å². The molecule has 2 aromatic carbocycles. The smallest absolute Gasteiger partial charge is 0.160 e. The summed E-state index contributed by atoms with van der Waals surface area (Å²) >= 11 is 0. The van der Waals surface area contributed by atoms with Gasteiger partial charge in [0.15, 0.2) is 11.6 Å². The lowest BCUT2D eigenvalue weighted by Gasteiger charge is -2.12. The number of hydrogen-bond acceptors (Lipinski definition) is 8. The minimum absolute atomic E-state index is 0.586. The van der Waals surface area contributed by atoms with Crippen molar-refractivity contribution in [1.29, 1.82) is 0 Å². The molecule has 6 rings (SSSR count). The summed E-state index contributed by atoms with van der Waals surface area (Å²) in [6.07, 6.45) is 8.42. The second-order valence-corrected chi connectivity index (χ2v) is 8.10. The highest BCUT2D eigenvalue weighted by Crippen LogP contribution is 2.31. The number of benzene rings is 2. The van der Waals surface area contributed by atoms with Crippen LogP contribution < -0.4 is 10.1 Å². The third-order valence-electron chi connectivity index (χ3n) is 5.68. The molecule has 0 aliphatic heterocycles. The van der Waals surface area contributed by atoms with E-state index in [0.29, 0.717) is 22.7 Å². The van der Waals surface area contributed by atoms with Crippen LogP contribution in [0.25, 0.3) is 33.5 Å². The van der Waals surface area contributed by atoms with Gasteiger partial charge in [-0.15, -0.1) is 0 Å². The first-order valence-corrected chi connectivity index (χ1v) is 11.0. The Morgan fingerprint density at radius 1 is 0.886 bits per heavy atom. The maximum Gasteiger partial charge on any atom is 0.160 e. The number of aromatic nitrogens is 7. The highest BCUT2D eigenvalue weighted by Gasteiger charge is 2.11. The van der Waals surface area contributed by atoms with E-state index in [0.717, 1.165) is 39.3 Å². The number of pyridine rings is 1. The number of hydrogen-bond donors (Lipinski definition) is 1. The van der Waals surface area contributed by atoms with Gasteiger partial charge in [0.25, 0.3) is 0 Å². The van der Waals surface area contributed by atoms with Gasteiger partial charge >= 0.3 is 0 Å². The monoisotopic (exact) mass is 460 g/mol. The van der Waals surface area contributed by atoms with Crippen LogP contribution in [0.5, 0.6) is 11.5 Å². The molecule has 0 spiro atoms. The molecule has 0 unspecified atom stereocenters. The number of imidazole rings is 1. The van der Waals surface area contributed by atoms with E-state index in [4.69, 9.17) is 9.72 Å². The molecule has 9 heteroatoms. The zero-order valence-electron chi connectivity index (χ0n) is 19.0. The van der Waals surface area contributed by atoms with Crippen LogP contribution >= 0.6 is 0 Å². The molecule has 0 aliphatic rings. The second-order valence-electron chi connectivity index (χ2n) is 8.10. The van der Waals surface area contributed by atoms with E-state index in [1.165, 1.54) is 6.33 Å². The summed E-state index contributed by atoms with van der Waals surface area (Å²) in [4.78, 5) is 26.3. The zero-order chi connectivity index (χ0) is 23.8. The standard InChI is InChI=1S/C26H20N8O/c1-16-11-18(3-6-23(16)35-19-4-5-22-20(12-19)31-15-34(22)2)32-26-24-21(29-14-30-26)13-28-25(33-24)17-7-9-27-10-8-17/h3-15H,1-2H3,(H,29,30,32). The fourth-order valence-corrected chi connectivity index (χ4v) is 3.87. The Hall–Kier alpha value is -4.92. The van der Waals surface area contributed by atoms with Crippen LogP contribution in [0.2, 0.25) is 0 Å². The van der Waals surface area contributed by atoms with Crippen molar-refractivity contribution in [1.82, 2.24) is 34.5 Å². The van der Waals surface area contributed by atoms with Crippen molar-refractivity contribution in [3.63, 3.8) is 0 Å². The van der Waals surface area contributed by atoms with Gasteiger partial charge in [0.1, 0.15) is 28.9 Å². The quantitative estimate of drug-likeness (QED) is 0.374. The molecule has 0 fully saturated rings. The zero-order valence-corrected chi connectivity index (χ0v) is 19.0. The minimum Gasteiger partial charge on any atom is -0.457 e. The highest BCUT2D eigenvalue weighted by atomic mass is 16.5. The van der Waals surface area contributed by atoms with E-state index < -0.39 is 0 Å². The summed E-state index contributed by atoms with van der Waals surface area (Å²) in [5.41, 5.74) is 5.95. The molecule has 0 atom stereocenters. The molecule has 35 heavy (non-hydrogen) atoms. The van der Waals surface area contributed by atoms with Crippen LogP contribution in [0.15, 0.2) is 79.8 Å². The summed E-state index contributed by atoms with van der Waals surface area (Å²) < 4.78 is 8.12. The van der Waals surface area contributed by atoms with Gasteiger partial charge in [0.2, 0.25) is 0 Å². The van der Waals surface area contributed by atoms with Crippen LogP contribution in [0.4, 0.5) is 11.5 Å². The van der Waals surface area contributed by atoms with Gasteiger partial charge in [-0.1, -0.05) is 0 Å². The van der Waals surface area contributed by atoms with E-state index >= 15 is 0 Å². The van der Waals surface area contributed by atoms with Gasteiger partial charge in [-0.25, -0.2) is 24.9 Å². The predicted molar refractivity (Wildman–Crippen MR) is 134 cm³/mol. The predicted octanol–water partition coefficient (Wildman–Crippen LogP) is 5.21. The average molecular weight is 461 g/mol. The molecular formula is C26H20N8O. The van der Waals surface area contributed by atoms with E-state index in [2.05, 4.69) is 30.2 Å². The van der Waals surface area contributed by atoms with Gasteiger partial charge in [0.05, 0.1) is 23.6 Å². The van der Waals surface area contributed by atoms with E-state index in [9.17, 15) is 0 Å². The Morgan fingerprint density at radius 3 is 2.63 bits per heavy atom. The van der Waals surface area contributed by atoms with Gasteiger partial charge in [-0.05, 0) is 55.0 Å². The third kappa shape index (κ3) is 3.99. The van der Waals surface area contributed by atoms with Crippen molar-refractivity contribution < 1.29 is 4.74 Å². The summed E-state index contributed by atoms with van der Waals surface area (Å²) in [5, 5.41) is 3.36. The molecule has 4 heterocycles. The summed E-state index contributed by atoms with van der Waals surface area (Å²) in [6, 6.07) is 15.5. The number of nitrogens with zero attached hydrogens (tertiary/aromatic N) is 7. The lowest BCUT2D eigenvalue weighted by atomic mass is 10.2. The molecule has 1 N–H and O–H groups in total. The molecule has 170 valence electrons. The molecule has 0 bridgehead atoms. The van der Waals surface area contributed by atoms with Crippen molar-refractivity contribution in [2.24, 2.45) is 7.05 Å². The highest BCUT2D eigenvalue weighted by molar-refractivity contribution is 5.87. The van der Waals surface area contributed by atoms with Crippen molar-refractivity contribution in [3.05, 3.63) is 85.3 Å². The second kappa shape index (κ2) is 8.45. The van der Waals surface area contributed by atoms with E-state index in [1.54, 1.807) is 24.9 Å². The maximum absolute atomic E-state index is 6.14. The number of nitrogens with one attached hydrogen (secondary N) is 1. The van der Waals surface area contributed by atoms with Crippen LogP contribution in [0.3, 0.4) is 0 Å². The molecule has 0 saturated carbocycles. The van der Waals surface area contributed by atoms with Crippen molar-refractivity contribution in [3.8, 4) is 22.9 Å². The molecule has 0 amide bonds. The molecule has 6 aromatic rings. The van der Waals surface area contributed by atoms with Gasteiger partial charge in [0, 0.05) is 36.8 Å². The average Bonchev–Trinajstić information content (AvgIpc) is 3.26. The number of anilines is 2. The maximum atomic E-state index is 6.14. The Labute approximate surface area is 200 Å². The minimum atomic E-state index is 0.586. The summed E-state index contributed by atoms with van der Waals surface area (Å²) in [5.74, 6) is 2.69. The lowest BCUT2D eigenvalue weighted by Crippen LogP contribution is -2.00. The Bertz CT molecular complexity index is 1680. The Balaban J connectivity index is 1.28. The molecule has 9 nitrogen and oxygen atoms in total. The summed E-state index contributed by atoms with van der Waals surface area (Å²) in [7, 11) is 1.97. The molecular weight excluding hydrogens is 440 g/mol. The Morgan fingerprint density at radius 2 is 1.77 bits per heavy atom.